The van der Waals surface area contributed by atoms with Gasteiger partial charge in [0, 0.05) is 22.9 Å². The van der Waals surface area contributed by atoms with Crippen LogP contribution in [-0.2, 0) is 30.4 Å². The summed E-state index contributed by atoms with van der Waals surface area (Å²) in [5.41, 5.74) is 7.65. The number of thiol groups is 1. The van der Waals surface area contributed by atoms with Gasteiger partial charge in [-0.15, -0.1) is 23.1 Å². The van der Waals surface area contributed by atoms with E-state index in [4.69, 9.17) is 10.6 Å². The summed E-state index contributed by atoms with van der Waals surface area (Å²) in [6, 6.07) is 6.26. The van der Waals surface area contributed by atoms with E-state index in [0.717, 1.165) is 16.9 Å². The summed E-state index contributed by atoms with van der Waals surface area (Å²) >= 11 is 6.59. The summed E-state index contributed by atoms with van der Waals surface area (Å²) in [7, 11) is 1.27. The minimum atomic E-state index is -1.23. The lowest BCUT2D eigenvalue weighted by Gasteiger charge is -2.49. The van der Waals surface area contributed by atoms with Gasteiger partial charge < -0.3 is 25.9 Å². The molecule has 2 aliphatic rings. The summed E-state index contributed by atoms with van der Waals surface area (Å²) in [6.07, 6.45) is 0.271. The lowest BCUT2D eigenvalue weighted by molar-refractivity contribution is -0.150. The first kappa shape index (κ1) is 29.4. The molecule has 2 aliphatic heterocycles. The fraction of sp³-hybridized carbons (Fsp3) is 0.360. The van der Waals surface area contributed by atoms with Crippen LogP contribution in [0.4, 0.5) is 10.8 Å². The Labute approximate surface area is 244 Å². The molecule has 15 heteroatoms. The van der Waals surface area contributed by atoms with E-state index in [-0.39, 0.29) is 46.4 Å². The number of hydrogen-bond donors (Lipinski definition) is 4. The normalized spacial score (nSPS) is 18.8. The number of nitrogen functional groups attached to an aromatic ring is 1. The molecule has 4 N–H and O–H groups in total. The van der Waals surface area contributed by atoms with E-state index in [1.807, 2.05) is 32.0 Å². The van der Waals surface area contributed by atoms with E-state index in [9.17, 15) is 24.3 Å². The van der Waals surface area contributed by atoms with Crippen molar-refractivity contribution >= 4 is 75.9 Å². The molecule has 3 amide bonds. The van der Waals surface area contributed by atoms with Crippen LogP contribution in [0.15, 0.2) is 46.1 Å². The standard InChI is InChI=1S/C25H28N6O6S3/c1-12(2)30(17(32)9-38)15-6-4-5-13(8-15)7-14-10-39-23-19(22(34)31(23)20(14)24(35)36)28-21(33)18(29-37-3)16-11-40-25(26)27-16/h4-6,8,11-12,19,23,38H,7,9-10H2,1-3H3,(H2,26,27)(H,28,33)(H,35,36)/t19-,23-/m1/s1. The highest BCUT2D eigenvalue weighted by atomic mass is 32.2. The molecule has 2 atom stereocenters. The molecule has 0 saturated carbocycles. The number of carboxylic acid groups (broad SMARTS) is 1. The average molecular weight is 605 g/mol. The topological polar surface area (TPSA) is 168 Å². The SMILES string of the molecule is CON=C(C(=O)N[C@@H]1C(=O)N2C(C(=O)O)=C(Cc3cccc(N(C(=O)CS)C(C)C)c3)CS[C@H]12)c1csc(N)n1. The molecule has 2 aromatic rings. The number of anilines is 2. The fourth-order valence-electron chi connectivity index (χ4n) is 4.59. The fourth-order valence-corrected chi connectivity index (χ4v) is 6.64. The van der Waals surface area contributed by atoms with Crippen molar-refractivity contribution in [3.63, 3.8) is 0 Å². The van der Waals surface area contributed by atoms with Gasteiger partial charge >= 0.3 is 5.97 Å². The molecule has 0 unspecified atom stereocenters. The lowest BCUT2D eigenvalue weighted by atomic mass is 9.98. The highest BCUT2D eigenvalue weighted by Crippen LogP contribution is 2.41. The van der Waals surface area contributed by atoms with Crippen LogP contribution in [0.3, 0.4) is 0 Å². The van der Waals surface area contributed by atoms with Gasteiger partial charge in [0.15, 0.2) is 10.8 Å². The second kappa shape index (κ2) is 12.3. The molecule has 1 saturated heterocycles. The summed E-state index contributed by atoms with van der Waals surface area (Å²) in [4.78, 5) is 62.5. The van der Waals surface area contributed by atoms with Crippen molar-refractivity contribution in [3.8, 4) is 0 Å². The van der Waals surface area contributed by atoms with Crippen molar-refractivity contribution in [1.82, 2.24) is 15.2 Å². The Kier molecular flexibility index (Phi) is 9.05. The van der Waals surface area contributed by atoms with Gasteiger partial charge in [-0.2, -0.15) is 12.6 Å². The zero-order chi connectivity index (χ0) is 29.1. The predicted molar refractivity (Wildman–Crippen MR) is 156 cm³/mol. The monoisotopic (exact) mass is 604 g/mol. The summed E-state index contributed by atoms with van der Waals surface area (Å²) in [5, 5.41) is 17.6. The van der Waals surface area contributed by atoms with Crippen molar-refractivity contribution in [3.05, 3.63) is 52.2 Å². The third kappa shape index (κ3) is 5.81. The van der Waals surface area contributed by atoms with E-state index in [2.05, 4.69) is 28.1 Å². The molecule has 1 fully saturated rings. The van der Waals surface area contributed by atoms with Crippen LogP contribution in [-0.4, -0.2) is 80.5 Å². The number of thiazole rings is 1. The van der Waals surface area contributed by atoms with Crippen molar-refractivity contribution in [2.75, 3.05) is 29.2 Å². The van der Waals surface area contributed by atoms with Crippen LogP contribution in [0, 0.1) is 0 Å². The predicted octanol–water partition coefficient (Wildman–Crippen LogP) is 1.73. The first-order chi connectivity index (χ1) is 19.1. The van der Waals surface area contributed by atoms with Crippen LogP contribution in [0.2, 0.25) is 0 Å². The molecule has 40 heavy (non-hydrogen) atoms. The summed E-state index contributed by atoms with van der Waals surface area (Å²) < 4.78 is 0. The Morgan fingerprint density at radius 2 is 2.12 bits per heavy atom. The number of carboxylic acids is 1. The average Bonchev–Trinajstić information content (AvgIpc) is 3.35. The second-order valence-electron chi connectivity index (χ2n) is 9.17. The van der Waals surface area contributed by atoms with Crippen LogP contribution in [0.25, 0.3) is 0 Å². The highest BCUT2D eigenvalue weighted by molar-refractivity contribution is 8.00. The van der Waals surface area contributed by atoms with Gasteiger partial charge in [0.25, 0.3) is 11.8 Å². The van der Waals surface area contributed by atoms with E-state index < -0.39 is 29.2 Å². The zero-order valence-electron chi connectivity index (χ0n) is 21.9. The Morgan fingerprint density at radius 1 is 1.38 bits per heavy atom. The minimum Gasteiger partial charge on any atom is -0.477 e. The Morgan fingerprint density at radius 3 is 2.73 bits per heavy atom. The Hall–Kier alpha value is -3.56. The number of amides is 3. The van der Waals surface area contributed by atoms with Crippen LogP contribution in [0.5, 0.6) is 0 Å². The lowest BCUT2D eigenvalue weighted by Crippen LogP contribution is -2.71. The van der Waals surface area contributed by atoms with Gasteiger partial charge in [-0.05, 0) is 43.5 Å². The number of nitrogens with one attached hydrogen (secondary N) is 1. The molecule has 1 aromatic carbocycles. The summed E-state index contributed by atoms with van der Waals surface area (Å²) in [5.74, 6) is -2.23. The number of β-lactam (4-membered cyclic amide) rings is 1. The number of nitrogens with two attached hydrogens (primary N) is 1. The molecular formula is C25H28N6O6S3. The molecule has 0 spiro atoms. The van der Waals surface area contributed by atoms with Gasteiger partial charge in [-0.1, -0.05) is 17.3 Å². The maximum Gasteiger partial charge on any atom is 0.352 e. The van der Waals surface area contributed by atoms with E-state index in [1.165, 1.54) is 29.2 Å². The third-order valence-corrected chi connectivity index (χ3v) is 8.51. The van der Waals surface area contributed by atoms with E-state index in [1.54, 1.807) is 11.0 Å². The van der Waals surface area contributed by atoms with Crippen LogP contribution < -0.4 is 16.0 Å². The van der Waals surface area contributed by atoms with Crippen molar-refractivity contribution < 1.29 is 29.1 Å². The molecule has 212 valence electrons. The quantitative estimate of drug-likeness (QED) is 0.137. The van der Waals surface area contributed by atoms with Crippen molar-refractivity contribution in [2.45, 2.75) is 37.7 Å². The second-order valence-corrected chi connectivity index (χ2v) is 11.5. The molecule has 1 aromatic heterocycles. The molecule has 3 heterocycles. The van der Waals surface area contributed by atoms with Crippen molar-refractivity contribution in [2.24, 2.45) is 5.16 Å². The maximum atomic E-state index is 13.1. The zero-order valence-corrected chi connectivity index (χ0v) is 24.4. The first-order valence-electron chi connectivity index (χ1n) is 12.1. The number of carbonyl (C=O) groups excluding carboxylic acids is 3. The largest absolute Gasteiger partial charge is 0.477 e. The summed E-state index contributed by atoms with van der Waals surface area (Å²) in [6.45, 7) is 3.80. The number of fused-ring (bicyclic) bond motifs is 1. The number of oxime groups is 1. The van der Waals surface area contributed by atoms with Gasteiger partial charge in [0.05, 0.1) is 5.75 Å². The smallest absolute Gasteiger partial charge is 0.352 e. The number of nitrogens with zero attached hydrogens (tertiary/aromatic N) is 4. The number of carbonyl (C=O) groups is 4. The van der Waals surface area contributed by atoms with Gasteiger partial charge in [0.2, 0.25) is 5.91 Å². The van der Waals surface area contributed by atoms with Crippen LogP contribution >= 0.6 is 35.7 Å². The van der Waals surface area contributed by atoms with Crippen molar-refractivity contribution in [1.29, 1.82) is 0 Å². The van der Waals surface area contributed by atoms with Crippen LogP contribution in [0.1, 0.15) is 25.1 Å². The number of aliphatic carboxylic acids is 1. The number of thioether (sulfide) groups is 1. The third-order valence-electron chi connectivity index (χ3n) is 6.23. The highest BCUT2D eigenvalue weighted by Gasteiger charge is 2.54. The molecule has 12 nitrogen and oxygen atoms in total. The molecule has 0 bridgehead atoms. The Balaban J connectivity index is 1.55. The number of hydrogen-bond acceptors (Lipinski definition) is 11. The Bertz CT molecular complexity index is 1410. The molecule has 0 aliphatic carbocycles. The maximum absolute atomic E-state index is 13.1. The van der Waals surface area contributed by atoms with E-state index >= 15 is 0 Å². The number of rotatable bonds is 10. The number of aromatic nitrogens is 1. The molecule has 0 radical (unpaired) electrons. The minimum absolute atomic E-state index is 0.0557. The first-order valence-corrected chi connectivity index (χ1v) is 14.7. The van der Waals surface area contributed by atoms with Gasteiger partial charge in [-0.25, -0.2) is 9.78 Å². The van der Waals surface area contributed by atoms with E-state index in [0.29, 0.717) is 17.0 Å². The molecular weight excluding hydrogens is 577 g/mol. The van der Waals surface area contributed by atoms with Gasteiger partial charge in [-0.3, -0.25) is 19.3 Å². The number of benzene rings is 1. The van der Waals surface area contributed by atoms with Gasteiger partial charge in [0.1, 0.15) is 29.9 Å². The molecule has 4 rings (SSSR count).